The van der Waals surface area contributed by atoms with Gasteiger partial charge < -0.3 is 0 Å². The van der Waals surface area contributed by atoms with Gasteiger partial charge >= 0.3 is 0 Å². The van der Waals surface area contributed by atoms with Gasteiger partial charge in [-0.05, 0) is 35.7 Å². The van der Waals surface area contributed by atoms with Crippen molar-refractivity contribution in [2.75, 3.05) is 0 Å². The number of fused-ring (bicyclic) bond motifs is 5. The molecule has 0 saturated heterocycles. The zero-order valence-electron chi connectivity index (χ0n) is 15.0. The number of nitrogens with zero attached hydrogens (tertiary/aromatic N) is 3. The molecule has 0 fully saturated rings. The smallest absolute Gasteiger partial charge is 0.0995 e. The number of rotatable bonds is 1. The molecule has 6 aromatic rings. The van der Waals surface area contributed by atoms with E-state index in [9.17, 15) is 0 Å². The van der Waals surface area contributed by atoms with Gasteiger partial charge in [0, 0.05) is 16.3 Å². The second-order valence-corrected chi connectivity index (χ2v) is 6.94. The van der Waals surface area contributed by atoms with Gasteiger partial charge in [0.2, 0.25) is 0 Å². The lowest BCUT2D eigenvalue weighted by atomic mass is 10.0. The summed E-state index contributed by atoms with van der Waals surface area (Å²) >= 11 is 0. The minimum absolute atomic E-state index is 0.889. The van der Waals surface area contributed by atoms with Crippen LogP contribution in [-0.4, -0.2) is 15.0 Å². The minimum Gasteiger partial charge on any atom is -0.248 e. The lowest BCUT2D eigenvalue weighted by Gasteiger charge is -2.11. The second-order valence-electron chi connectivity index (χ2n) is 6.94. The van der Waals surface area contributed by atoms with Crippen LogP contribution in [0.5, 0.6) is 0 Å². The Kier molecular flexibility index (Phi) is 3.17. The molecule has 0 radical (unpaired) electrons. The van der Waals surface area contributed by atoms with E-state index in [-0.39, 0.29) is 0 Å². The molecule has 130 valence electrons. The topological polar surface area (TPSA) is 38.7 Å². The predicted molar refractivity (Wildman–Crippen MR) is 115 cm³/mol. The fourth-order valence-electron chi connectivity index (χ4n) is 3.85. The van der Waals surface area contributed by atoms with E-state index in [2.05, 4.69) is 42.5 Å². The monoisotopic (exact) mass is 357 g/mol. The highest BCUT2D eigenvalue weighted by Gasteiger charge is 2.13. The third-order valence-corrected chi connectivity index (χ3v) is 5.22. The Balaban J connectivity index is 1.77. The zero-order chi connectivity index (χ0) is 18.5. The predicted octanol–water partition coefficient (Wildman–Crippen LogP) is 6.15. The van der Waals surface area contributed by atoms with Crippen molar-refractivity contribution in [1.29, 1.82) is 0 Å². The van der Waals surface area contributed by atoms with E-state index in [1.165, 1.54) is 0 Å². The molecule has 0 aliphatic carbocycles. The molecule has 4 aromatic carbocycles. The highest BCUT2D eigenvalue weighted by atomic mass is 14.8. The van der Waals surface area contributed by atoms with Gasteiger partial charge in [0.1, 0.15) is 0 Å². The summed E-state index contributed by atoms with van der Waals surface area (Å²) < 4.78 is 0. The van der Waals surface area contributed by atoms with Crippen LogP contribution >= 0.6 is 0 Å². The fourth-order valence-corrected chi connectivity index (χ4v) is 3.85. The summed E-state index contributed by atoms with van der Waals surface area (Å²) in [4.78, 5) is 14.9. The Morgan fingerprint density at radius 2 is 1.11 bits per heavy atom. The maximum atomic E-state index is 4.98. The largest absolute Gasteiger partial charge is 0.248 e. The van der Waals surface area contributed by atoms with Crippen molar-refractivity contribution in [3.63, 3.8) is 0 Å². The van der Waals surface area contributed by atoms with Gasteiger partial charge in [-0.3, -0.25) is 0 Å². The number of benzene rings is 4. The molecule has 0 spiro atoms. The van der Waals surface area contributed by atoms with E-state index in [0.29, 0.717) is 0 Å². The first kappa shape index (κ1) is 15.2. The lowest BCUT2D eigenvalue weighted by Crippen LogP contribution is -1.94. The van der Waals surface area contributed by atoms with Gasteiger partial charge in [-0.2, -0.15) is 0 Å². The molecule has 0 aliphatic heterocycles. The van der Waals surface area contributed by atoms with Gasteiger partial charge in [-0.1, -0.05) is 60.7 Å². The Morgan fingerprint density at radius 3 is 1.93 bits per heavy atom. The molecule has 0 unspecified atom stereocenters. The van der Waals surface area contributed by atoms with E-state index in [4.69, 9.17) is 15.0 Å². The highest BCUT2D eigenvalue weighted by Crippen LogP contribution is 2.33. The molecule has 2 aromatic heterocycles. The van der Waals surface area contributed by atoms with E-state index < -0.39 is 0 Å². The van der Waals surface area contributed by atoms with Gasteiger partial charge in [-0.25, -0.2) is 15.0 Å². The van der Waals surface area contributed by atoms with Crippen LogP contribution in [-0.2, 0) is 0 Å². The van der Waals surface area contributed by atoms with Crippen LogP contribution in [0.2, 0.25) is 0 Å². The van der Waals surface area contributed by atoms with Crippen LogP contribution in [0, 0.1) is 0 Å². The third-order valence-electron chi connectivity index (χ3n) is 5.22. The van der Waals surface area contributed by atoms with Crippen molar-refractivity contribution < 1.29 is 0 Å². The van der Waals surface area contributed by atoms with Crippen LogP contribution in [0.1, 0.15) is 0 Å². The number of para-hydroxylation sites is 3. The Bertz CT molecular complexity index is 1520. The summed E-state index contributed by atoms with van der Waals surface area (Å²) in [5.41, 5.74) is 6.52. The van der Waals surface area contributed by atoms with E-state index in [0.717, 1.165) is 55.0 Å². The molecule has 2 heterocycles. The van der Waals surface area contributed by atoms with Gasteiger partial charge in [0.05, 0.1) is 33.3 Å². The molecule has 3 heteroatoms. The lowest BCUT2D eigenvalue weighted by molar-refractivity contribution is 1.37. The second kappa shape index (κ2) is 5.83. The van der Waals surface area contributed by atoms with Crippen molar-refractivity contribution >= 4 is 43.7 Å². The molecule has 0 amide bonds. The van der Waals surface area contributed by atoms with E-state index in [1.54, 1.807) is 0 Å². The van der Waals surface area contributed by atoms with Crippen molar-refractivity contribution in [3.05, 3.63) is 91.0 Å². The molecule has 0 aliphatic rings. The summed E-state index contributed by atoms with van der Waals surface area (Å²) in [7, 11) is 0. The molecular weight excluding hydrogens is 342 g/mol. The minimum atomic E-state index is 0.889. The maximum Gasteiger partial charge on any atom is 0.0995 e. The standard InChI is InChI=1S/C25H15N3/c1-3-9-18-17(8-1)15-19(21-14-13-16-7-2-4-10-20(16)26-21)25-24(18)27-22-11-5-6-12-23(22)28-25/h1-15H. The van der Waals surface area contributed by atoms with Crippen molar-refractivity contribution in [2.45, 2.75) is 0 Å². The van der Waals surface area contributed by atoms with Crippen molar-refractivity contribution in [2.24, 2.45) is 0 Å². The molecule has 0 N–H and O–H groups in total. The van der Waals surface area contributed by atoms with Gasteiger partial charge in [0.15, 0.2) is 0 Å². The molecule has 28 heavy (non-hydrogen) atoms. The maximum absolute atomic E-state index is 4.98. The van der Waals surface area contributed by atoms with Crippen LogP contribution in [0.3, 0.4) is 0 Å². The highest BCUT2D eigenvalue weighted by molar-refractivity contribution is 6.11. The quantitative estimate of drug-likeness (QED) is 0.262. The van der Waals surface area contributed by atoms with Crippen LogP contribution in [0.15, 0.2) is 91.0 Å². The normalized spacial score (nSPS) is 11.6. The number of hydrogen-bond donors (Lipinski definition) is 0. The molecule has 0 atom stereocenters. The summed E-state index contributed by atoms with van der Waals surface area (Å²) in [6.45, 7) is 0. The Hall–Kier alpha value is -3.85. The third kappa shape index (κ3) is 2.26. The summed E-state index contributed by atoms with van der Waals surface area (Å²) in [6, 6.07) is 30.9. The van der Waals surface area contributed by atoms with Crippen LogP contribution in [0.4, 0.5) is 0 Å². The molecule has 6 rings (SSSR count). The fraction of sp³-hybridized carbons (Fsp3) is 0. The number of pyridine rings is 1. The average molecular weight is 357 g/mol. The molecule has 3 nitrogen and oxygen atoms in total. The Morgan fingerprint density at radius 1 is 0.464 bits per heavy atom. The average Bonchev–Trinajstić information content (AvgIpc) is 2.77. The molecular formula is C25H15N3. The summed E-state index contributed by atoms with van der Waals surface area (Å²) in [5.74, 6) is 0. The van der Waals surface area contributed by atoms with Gasteiger partial charge in [0.25, 0.3) is 0 Å². The summed E-state index contributed by atoms with van der Waals surface area (Å²) in [6.07, 6.45) is 0. The first-order valence-corrected chi connectivity index (χ1v) is 9.31. The van der Waals surface area contributed by atoms with Gasteiger partial charge in [-0.15, -0.1) is 0 Å². The van der Waals surface area contributed by atoms with Crippen LogP contribution < -0.4 is 0 Å². The first-order chi connectivity index (χ1) is 13.9. The summed E-state index contributed by atoms with van der Waals surface area (Å²) in [5, 5.41) is 3.39. The first-order valence-electron chi connectivity index (χ1n) is 9.31. The molecule has 0 saturated carbocycles. The van der Waals surface area contributed by atoms with Crippen molar-refractivity contribution in [1.82, 2.24) is 15.0 Å². The van der Waals surface area contributed by atoms with Crippen LogP contribution in [0.25, 0.3) is 55.0 Å². The Labute approximate surface area is 161 Å². The number of hydrogen-bond acceptors (Lipinski definition) is 3. The molecule has 0 bridgehead atoms. The van der Waals surface area contributed by atoms with E-state index >= 15 is 0 Å². The number of aromatic nitrogens is 3. The van der Waals surface area contributed by atoms with Crippen molar-refractivity contribution in [3.8, 4) is 11.3 Å². The zero-order valence-corrected chi connectivity index (χ0v) is 15.0. The SMILES string of the molecule is c1ccc2nc(-c3cc4ccccc4c4nc5ccccc5nc34)ccc2c1. The van der Waals surface area contributed by atoms with E-state index in [1.807, 2.05) is 48.5 Å².